The van der Waals surface area contributed by atoms with Crippen LogP contribution < -0.4 is 5.32 Å². The van der Waals surface area contributed by atoms with Crippen LogP contribution in [0.1, 0.15) is 43.2 Å². The molecule has 2 N–H and O–H groups in total. The lowest BCUT2D eigenvalue weighted by atomic mass is 9.87. The molecule has 0 aliphatic heterocycles. The third-order valence-electron chi connectivity index (χ3n) is 3.74. The summed E-state index contributed by atoms with van der Waals surface area (Å²) >= 11 is 0. The molecule has 0 spiro atoms. The highest BCUT2D eigenvalue weighted by Crippen LogP contribution is 2.21. The standard InChI is InChI=1S/C17H24N4O2/c1-12(22)9-17(3,4)11-19-16(23)15-10-20-21(13(15)2)14-5-7-18-8-6-14/h5-8,10,12,22H,9,11H2,1-4H3,(H,19,23). The van der Waals surface area contributed by atoms with Gasteiger partial charge >= 0.3 is 0 Å². The zero-order valence-corrected chi connectivity index (χ0v) is 14.1. The average Bonchev–Trinajstić information content (AvgIpc) is 2.86. The molecule has 0 fully saturated rings. The fraction of sp³-hybridized carbons (Fsp3) is 0.471. The maximum Gasteiger partial charge on any atom is 0.254 e. The van der Waals surface area contributed by atoms with E-state index in [2.05, 4.69) is 15.4 Å². The van der Waals surface area contributed by atoms with Gasteiger partial charge in [-0.15, -0.1) is 0 Å². The second kappa shape index (κ2) is 6.91. The van der Waals surface area contributed by atoms with Gasteiger partial charge in [-0.25, -0.2) is 4.68 Å². The van der Waals surface area contributed by atoms with E-state index in [0.29, 0.717) is 18.5 Å². The van der Waals surface area contributed by atoms with Crippen LogP contribution in [0.4, 0.5) is 0 Å². The molecule has 23 heavy (non-hydrogen) atoms. The van der Waals surface area contributed by atoms with E-state index in [-0.39, 0.29) is 11.3 Å². The Hall–Kier alpha value is -2.21. The van der Waals surface area contributed by atoms with Gasteiger partial charge in [0.05, 0.1) is 29.2 Å². The van der Waals surface area contributed by atoms with E-state index in [1.54, 1.807) is 30.2 Å². The predicted molar refractivity (Wildman–Crippen MR) is 88.5 cm³/mol. The molecule has 1 amide bonds. The highest BCUT2D eigenvalue weighted by atomic mass is 16.3. The van der Waals surface area contributed by atoms with Crippen LogP contribution in [-0.2, 0) is 0 Å². The lowest BCUT2D eigenvalue weighted by molar-refractivity contribution is 0.0901. The van der Waals surface area contributed by atoms with Gasteiger partial charge in [0, 0.05) is 18.9 Å². The van der Waals surface area contributed by atoms with Crippen molar-refractivity contribution in [2.24, 2.45) is 5.41 Å². The summed E-state index contributed by atoms with van der Waals surface area (Å²) in [7, 11) is 0. The normalized spacial score (nSPS) is 12.9. The van der Waals surface area contributed by atoms with Crippen molar-refractivity contribution in [2.75, 3.05) is 6.54 Å². The van der Waals surface area contributed by atoms with Crippen LogP contribution >= 0.6 is 0 Å². The van der Waals surface area contributed by atoms with E-state index in [1.807, 2.05) is 32.9 Å². The van der Waals surface area contributed by atoms with Gasteiger partial charge in [-0.3, -0.25) is 9.78 Å². The van der Waals surface area contributed by atoms with Gasteiger partial charge in [0.25, 0.3) is 5.91 Å². The number of nitrogens with one attached hydrogen (secondary N) is 1. The Morgan fingerprint density at radius 3 is 2.65 bits per heavy atom. The first-order valence-corrected chi connectivity index (χ1v) is 7.71. The lowest BCUT2D eigenvalue weighted by Gasteiger charge is -2.26. The van der Waals surface area contributed by atoms with Crippen molar-refractivity contribution in [2.45, 2.75) is 40.2 Å². The Balaban J connectivity index is 2.08. The third-order valence-corrected chi connectivity index (χ3v) is 3.74. The molecular weight excluding hydrogens is 292 g/mol. The smallest absolute Gasteiger partial charge is 0.254 e. The largest absolute Gasteiger partial charge is 0.393 e. The number of aromatic nitrogens is 3. The van der Waals surface area contributed by atoms with Crippen molar-refractivity contribution in [3.05, 3.63) is 42.0 Å². The van der Waals surface area contributed by atoms with Crippen molar-refractivity contribution in [1.82, 2.24) is 20.1 Å². The molecule has 124 valence electrons. The van der Waals surface area contributed by atoms with Crippen LogP contribution in [0.3, 0.4) is 0 Å². The Kier molecular flexibility index (Phi) is 5.15. The third kappa shape index (κ3) is 4.39. The summed E-state index contributed by atoms with van der Waals surface area (Å²) in [6.07, 6.45) is 5.19. The van der Waals surface area contributed by atoms with Crippen LogP contribution in [0.15, 0.2) is 30.7 Å². The van der Waals surface area contributed by atoms with E-state index >= 15 is 0 Å². The molecule has 6 heteroatoms. The van der Waals surface area contributed by atoms with E-state index in [1.165, 1.54) is 0 Å². The number of nitrogens with zero attached hydrogens (tertiary/aromatic N) is 3. The maximum absolute atomic E-state index is 12.4. The number of aliphatic hydroxyl groups excluding tert-OH is 1. The molecular formula is C17H24N4O2. The minimum atomic E-state index is -0.391. The molecule has 2 aromatic rings. The van der Waals surface area contributed by atoms with Crippen molar-refractivity contribution in [3.63, 3.8) is 0 Å². The van der Waals surface area contributed by atoms with Gasteiger partial charge in [0.15, 0.2) is 0 Å². The molecule has 2 heterocycles. The molecule has 2 rings (SSSR count). The molecule has 0 bridgehead atoms. The van der Waals surface area contributed by atoms with Gasteiger partial charge in [-0.1, -0.05) is 13.8 Å². The molecule has 1 atom stereocenters. The number of carbonyl (C=O) groups is 1. The van der Waals surface area contributed by atoms with E-state index < -0.39 is 6.10 Å². The number of aliphatic hydroxyl groups is 1. The number of hydrogen-bond acceptors (Lipinski definition) is 4. The quantitative estimate of drug-likeness (QED) is 0.855. The Labute approximate surface area is 136 Å². The molecule has 6 nitrogen and oxygen atoms in total. The second-order valence-electron chi connectivity index (χ2n) is 6.66. The summed E-state index contributed by atoms with van der Waals surface area (Å²) in [6.45, 7) is 8.16. The van der Waals surface area contributed by atoms with Crippen LogP contribution in [0, 0.1) is 12.3 Å². The molecule has 1 unspecified atom stereocenters. The molecule has 0 aliphatic carbocycles. The fourth-order valence-corrected chi connectivity index (χ4v) is 2.66. The van der Waals surface area contributed by atoms with Gasteiger partial charge in [-0.2, -0.15) is 5.10 Å². The molecule has 2 aromatic heterocycles. The number of carbonyl (C=O) groups excluding carboxylic acids is 1. The molecule has 0 saturated carbocycles. The van der Waals surface area contributed by atoms with Crippen molar-refractivity contribution in [3.8, 4) is 5.69 Å². The second-order valence-corrected chi connectivity index (χ2v) is 6.66. The summed E-state index contributed by atoms with van der Waals surface area (Å²) < 4.78 is 1.72. The summed E-state index contributed by atoms with van der Waals surface area (Å²) in [4.78, 5) is 16.4. The van der Waals surface area contributed by atoms with Crippen LogP contribution in [0.5, 0.6) is 0 Å². The monoisotopic (exact) mass is 316 g/mol. The number of rotatable bonds is 6. The van der Waals surface area contributed by atoms with Crippen molar-refractivity contribution >= 4 is 5.91 Å². The van der Waals surface area contributed by atoms with Crippen LogP contribution in [0.25, 0.3) is 5.69 Å². The average molecular weight is 316 g/mol. The SMILES string of the molecule is Cc1c(C(=O)NCC(C)(C)CC(C)O)cnn1-c1ccncc1. The summed E-state index contributed by atoms with van der Waals surface area (Å²) in [5, 5.41) is 16.7. The van der Waals surface area contributed by atoms with Gasteiger partial charge in [0.2, 0.25) is 0 Å². The number of hydrogen-bond donors (Lipinski definition) is 2. The first-order valence-electron chi connectivity index (χ1n) is 7.71. The van der Waals surface area contributed by atoms with E-state index in [9.17, 15) is 9.90 Å². The van der Waals surface area contributed by atoms with Crippen LogP contribution in [0.2, 0.25) is 0 Å². The number of pyridine rings is 1. The first kappa shape index (κ1) is 17.1. The van der Waals surface area contributed by atoms with E-state index in [4.69, 9.17) is 0 Å². The zero-order chi connectivity index (χ0) is 17.0. The van der Waals surface area contributed by atoms with Crippen molar-refractivity contribution in [1.29, 1.82) is 0 Å². The Morgan fingerprint density at radius 1 is 1.39 bits per heavy atom. The first-order chi connectivity index (χ1) is 10.8. The Morgan fingerprint density at radius 2 is 2.04 bits per heavy atom. The minimum Gasteiger partial charge on any atom is -0.393 e. The maximum atomic E-state index is 12.4. The highest BCUT2D eigenvalue weighted by molar-refractivity contribution is 5.95. The minimum absolute atomic E-state index is 0.151. The lowest BCUT2D eigenvalue weighted by Crippen LogP contribution is -2.35. The number of amides is 1. The fourth-order valence-electron chi connectivity index (χ4n) is 2.66. The summed E-state index contributed by atoms with van der Waals surface area (Å²) in [6, 6.07) is 3.68. The van der Waals surface area contributed by atoms with Crippen LogP contribution in [-0.4, -0.2) is 38.4 Å². The van der Waals surface area contributed by atoms with E-state index in [0.717, 1.165) is 11.4 Å². The summed E-state index contributed by atoms with van der Waals surface area (Å²) in [5.41, 5.74) is 2.03. The zero-order valence-electron chi connectivity index (χ0n) is 14.1. The molecule has 0 radical (unpaired) electrons. The Bertz CT molecular complexity index is 662. The molecule has 0 aliphatic rings. The summed E-state index contributed by atoms with van der Waals surface area (Å²) in [5.74, 6) is -0.151. The van der Waals surface area contributed by atoms with Gasteiger partial charge < -0.3 is 10.4 Å². The van der Waals surface area contributed by atoms with Gasteiger partial charge in [-0.05, 0) is 37.8 Å². The van der Waals surface area contributed by atoms with Crippen molar-refractivity contribution < 1.29 is 9.90 Å². The molecule has 0 saturated heterocycles. The predicted octanol–water partition coefficient (Wildman–Crippen LogP) is 2.10. The highest BCUT2D eigenvalue weighted by Gasteiger charge is 2.22. The van der Waals surface area contributed by atoms with Gasteiger partial charge in [0.1, 0.15) is 0 Å². The topological polar surface area (TPSA) is 80.0 Å². The molecule has 0 aromatic carbocycles.